The molecule has 27 heavy (non-hydrogen) atoms. The Morgan fingerprint density at radius 2 is 1.33 bits per heavy atom. The van der Waals surface area contributed by atoms with Crippen LogP contribution in [0.4, 0.5) is 0 Å². The highest BCUT2D eigenvalue weighted by Gasteiger charge is 2.35. The van der Waals surface area contributed by atoms with E-state index in [9.17, 15) is 0 Å². The van der Waals surface area contributed by atoms with Crippen molar-refractivity contribution in [2.24, 2.45) is 9.98 Å². The molecule has 2 aromatic rings. The maximum absolute atomic E-state index is 5.19. The first kappa shape index (κ1) is 19.3. The van der Waals surface area contributed by atoms with Crippen LogP contribution in [-0.4, -0.2) is 29.5 Å². The van der Waals surface area contributed by atoms with Crippen LogP contribution in [0.2, 0.25) is 0 Å². The molecule has 1 unspecified atom stereocenters. The van der Waals surface area contributed by atoms with E-state index in [1.165, 1.54) is 25.7 Å². The molecule has 142 valence electrons. The molecule has 1 aliphatic heterocycles. The van der Waals surface area contributed by atoms with Gasteiger partial charge in [0.25, 0.3) is 0 Å². The number of unbranched alkanes of at least 4 members (excludes halogenated alkanes) is 2. The predicted octanol–water partition coefficient (Wildman–Crippen LogP) is 5.66. The summed E-state index contributed by atoms with van der Waals surface area (Å²) in [6.07, 6.45) is 4.72. The van der Waals surface area contributed by atoms with Gasteiger partial charge in [-0.05, 0) is 19.8 Å². The van der Waals surface area contributed by atoms with Crippen LogP contribution >= 0.6 is 0 Å². The average molecular weight is 362 g/mol. The molecular formula is C24H31N3. The average Bonchev–Trinajstić information content (AvgIpc) is 3.08. The zero-order valence-electron chi connectivity index (χ0n) is 16.9. The van der Waals surface area contributed by atoms with Crippen LogP contribution in [0.5, 0.6) is 0 Å². The fourth-order valence-corrected chi connectivity index (χ4v) is 3.47. The maximum atomic E-state index is 5.19. The van der Waals surface area contributed by atoms with Gasteiger partial charge < -0.3 is 4.90 Å². The van der Waals surface area contributed by atoms with Crippen molar-refractivity contribution >= 4 is 11.5 Å². The van der Waals surface area contributed by atoms with Gasteiger partial charge in [0.05, 0.1) is 0 Å². The summed E-state index contributed by atoms with van der Waals surface area (Å²) in [7, 11) is 0. The zero-order chi connectivity index (χ0) is 19.1. The second-order valence-electron chi connectivity index (χ2n) is 7.34. The summed E-state index contributed by atoms with van der Waals surface area (Å²) in [5, 5.41) is 0. The summed E-state index contributed by atoms with van der Waals surface area (Å²) >= 11 is 0. The van der Waals surface area contributed by atoms with Gasteiger partial charge in [-0.2, -0.15) is 0 Å². The highest BCUT2D eigenvalue weighted by Crippen LogP contribution is 2.33. The Morgan fingerprint density at radius 1 is 0.778 bits per heavy atom. The molecular weight excluding hydrogens is 330 g/mol. The number of hydrogen-bond acceptors (Lipinski definition) is 3. The first-order valence-corrected chi connectivity index (χ1v) is 10.2. The molecule has 0 bridgehead atoms. The van der Waals surface area contributed by atoms with Crippen LogP contribution in [0.15, 0.2) is 70.6 Å². The lowest BCUT2D eigenvalue weighted by Gasteiger charge is -2.25. The first-order valence-electron chi connectivity index (χ1n) is 10.2. The largest absolute Gasteiger partial charge is 0.355 e. The van der Waals surface area contributed by atoms with E-state index < -0.39 is 5.66 Å². The lowest BCUT2D eigenvalue weighted by atomic mass is 10.0. The van der Waals surface area contributed by atoms with E-state index in [4.69, 9.17) is 9.98 Å². The van der Waals surface area contributed by atoms with Gasteiger partial charge >= 0.3 is 0 Å². The van der Waals surface area contributed by atoms with Gasteiger partial charge in [0.1, 0.15) is 5.71 Å². The standard InChI is InChI=1S/C24H31N3/c1-4-6-18-27(19-7-5-2)23-22(20-14-10-8-11-15-20)25-24(3,26-23)21-16-12-9-13-17-21/h8-17H,4-7,18-19H2,1-3H3. The SMILES string of the molecule is CCCCN(CCCC)C1=NC(C)(c2ccccc2)N=C1c1ccccc1. The van der Waals surface area contributed by atoms with E-state index in [1.807, 2.05) is 6.07 Å². The number of benzene rings is 2. The number of nitrogens with zero attached hydrogens (tertiary/aromatic N) is 3. The van der Waals surface area contributed by atoms with Gasteiger partial charge in [0.2, 0.25) is 0 Å². The molecule has 0 spiro atoms. The number of hydrogen-bond donors (Lipinski definition) is 0. The summed E-state index contributed by atoms with van der Waals surface area (Å²) in [5.74, 6) is 1.05. The van der Waals surface area contributed by atoms with Crippen molar-refractivity contribution in [3.05, 3.63) is 71.8 Å². The molecule has 0 fully saturated rings. The summed E-state index contributed by atoms with van der Waals surface area (Å²) in [6, 6.07) is 20.9. The highest BCUT2D eigenvalue weighted by atomic mass is 15.3. The molecule has 3 nitrogen and oxygen atoms in total. The van der Waals surface area contributed by atoms with Crippen LogP contribution in [0, 0.1) is 0 Å². The third-order valence-electron chi connectivity index (χ3n) is 5.10. The monoisotopic (exact) mass is 361 g/mol. The van der Waals surface area contributed by atoms with Crippen molar-refractivity contribution < 1.29 is 0 Å². The molecule has 0 radical (unpaired) electrons. The van der Waals surface area contributed by atoms with Crippen molar-refractivity contribution in [2.75, 3.05) is 13.1 Å². The molecule has 0 aromatic heterocycles. The molecule has 2 aromatic carbocycles. The van der Waals surface area contributed by atoms with Gasteiger partial charge in [-0.3, -0.25) is 0 Å². The van der Waals surface area contributed by atoms with E-state index in [0.717, 1.165) is 35.8 Å². The maximum Gasteiger partial charge on any atom is 0.176 e. The molecule has 3 rings (SSSR count). The third kappa shape index (κ3) is 4.47. The van der Waals surface area contributed by atoms with Gasteiger partial charge in [0.15, 0.2) is 11.5 Å². The van der Waals surface area contributed by atoms with Gasteiger partial charge in [-0.1, -0.05) is 87.4 Å². The molecule has 0 amide bonds. The summed E-state index contributed by atoms with van der Waals surface area (Å²) in [4.78, 5) is 12.8. The minimum Gasteiger partial charge on any atom is -0.355 e. The normalized spacial score (nSPS) is 18.9. The second kappa shape index (κ2) is 8.98. The minimum atomic E-state index is -0.557. The van der Waals surface area contributed by atoms with Crippen LogP contribution in [0.1, 0.15) is 57.6 Å². The quantitative estimate of drug-likeness (QED) is 0.596. The number of amidine groups is 1. The molecule has 1 heterocycles. The van der Waals surface area contributed by atoms with Crippen molar-refractivity contribution in [2.45, 2.75) is 52.1 Å². The fraction of sp³-hybridized carbons (Fsp3) is 0.417. The van der Waals surface area contributed by atoms with Crippen molar-refractivity contribution in [1.82, 2.24) is 4.90 Å². The Labute approximate surface area is 163 Å². The predicted molar refractivity (Wildman–Crippen MR) is 116 cm³/mol. The van der Waals surface area contributed by atoms with Crippen molar-refractivity contribution in [3.8, 4) is 0 Å². The molecule has 0 saturated heterocycles. The second-order valence-corrected chi connectivity index (χ2v) is 7.34. The Morgan fingerprint density at radius 3 is 1.89 bits per heavy atom. The summed E-state index contributed by atoms with van der Waals surface area (Å²) in [5.41, 5.74) is 2.75. The molecule has 1 aliphatic rings. The smallest absolute Gasteiger partial charge is 0.176 e. The zero-order valence-corrected chi connectivity index (χ0v) is 16.9. The van der Waals surface area contributed by atoms with Crippen LogP contribution in [0.25, 0.3) is 0 Å². The van der Waals surface area contributed by atoms with Crippen molar-refractivity contribution in [1.29, 1.82) is 0 Å². The van der Waals surface area contributed by atoms with Crippen molar-refractivity contribution in [3.63, 3.8) is 0 Å². The summed E-state index contributed by atoms with van der Waals surface area (Å²) in [6.45, 7) is 8.68. The molecule has 0 aliphatic carbocycles. The van der Waals surface area contributed by atoms with Crippen LogP contribution < -0.4 is 0 Å². The van der Waals surface area contributed by atoms with Gasteiger partial charge in [-0.15, -0.1) is 0 Å². The van der Waals surface area contributed by atoms with E-state index in [0.29, 0.717) is 0 Å². The van der Waals surface area contributed by atoms with E-state index in [-0.39, 0.29) is 0 Å². The molecule has 1 atom stereocenters. The fourth-order valence-electron chi connectivity index (χ4n) is 3.47. The highest BCUT2D eigenvalue weighted by molar-refractivity contribution is 6.48. The molecule has 0 N–H and O–H groups in total. The topological polar surface area (TPSA) is 28.0 Å². The number of aliphatic imine (C=N–C) groups is 2. The summed E-state index contributed by atoms with van der Waals surface area (Å²) < 4.78 is 0. The van der Waals surface area contributed by atoms with Crippen LogP contribution in [-0.2, 0) is 5.66 Å². The Balaban J connectivity index is 2.04. The lowest BCUT2D eigenvalue weighted by molar-refractivity contribution is 0.398. The minimum absolute atomic E-state index is 0.557. The first-order chi connectivity index (χ1) is 13.2. The Bertz CT molecular complexity index is 772. The van der Waals surface area contributed by atoms with Gasteiger partial charge in [-0.25, -0.2) is 9.98 Å². The molecule has 3 heteroatoms. The molecule has 0 saturated carbocycles. The Kier molecular flexibility index (Phi) is 6.44. The third-order valence-corrected chi connectivity index (χ3v) is 5.10. The number of rotatable bonds is 8. The van der Waals surface area contributed by atoms with E-state index in [2.05, 4.69) is 80.3 Å². The van der Waals surface area contributed by atoms with E-state index >= 15 is 0 Å². The van der Waals surface area contributed by atoms with E-state index in [1.54, 1.807) is 0 Å². The lowest BCUT2D eigenvalue weighted by Crippen LogP contribution is -2.37. The van der Waals surface area contributed by atoms with Gasteiger partial charge in [0, 0.05) is 24.2 Å². The van der Waals surface area contributed by atoms with Crippen LogP contribution in [0.3, 0.4) is 0 Å². The Hall–Kier alpha value is -2.42.